The molecular formula is C13H18N2O2. The minimum Gasteiger partial charge on any atom is -0.493 e. The topological polar surface area (TPSA) is 54.3 Å². The molecule has 4 heteroatoms. The Labute approximate surface area is 102 Å². The van der Waals surface area contributed by atoms with E-state index in [1.807, 2.05) is 0 Å². The lowest BCUT2D eigenvalue weighted by Gasteiger charge is -2.12. The second-order valence-electron chi connectivity index (χ2n) is 3.93. The van der Waals surface area contributed by atoms with Gasteiger partial charge in [-0.15, -0.1) is 0 Å². The summed E-state index contributed by atoms with van der Waals surface area (Å²) in [5, 5.41) is 12.0. The third kappa shape index (κ3) is 4.33. The lowest BCUT2D eigenvalue weighted by molar-refractivity contribution is 0.288. The number of hydrogen-bond donors (Lipinski definition) is 1. The van der Waals surface area contributed by atoms with E-state index in [-0.39, 0.29) is 0 Å². The Hall–Kier alpha value is -1.73. The van der Waals surface area contributed by atoms with E-state index in [0.29, 0.717) is 29.7 Å². The highest BCUT2D eigenvalue weighted by molar-refractivity contribution is 5.46. The van der Waals surface area contributed by atoms with Crippen LogP contribution in [0.1, 0.15) is 19.4 Å². The molecule has 0 aliphatic rings. The van der Waals surface area contributed by atoms with Crippen molar-refractivity contribution in [2.24, 2.45) is 0 Å². The second-order valence-corrected chi connectivity index (χ2v) is 3.93. The maximum absolute atomic E-state index is 8.77. The van der Waals surface area contributed by atoms with Crippen molar-refractivity contribution in [3.05, 3.63) is 23.8 Å². The van der Waals surface area contributed by atoms with Gasteiger partial charge in [0, 0.05) is 18.7 Å². The minimum atomic E-state index is 0.446. The summed E-state index contributed by atoms with van der Waals surface area (Å²) >= 11 is 0. The molecule has 92 valence electrons. The highest BCUT2D eigenvalue weighted by atomic mass is 16.5. The molecule has 4 nitrogen and oxygen atoms in total. The third-order valence-electron chi connectivity index (χ3n) is 2.20. The van der Waals surface area contributed by atoms with Gasteiger partial charge in [-0.25, -0.2) is 0 Å². The molecule has 0 radical (unpaired) electrons. The van der Waals surface area contributed by atoms with Crippen molar-refractivity contribution < 1.29 is 9.47 Å². The van der Waals surface area contributed by atoms with Crippen LogP contribution in [0.4, 0.5) is 0 Å². The van der Waals surface area contributed by atoms with Crippen LogP contribution >= 0.6 is 0 Å². The molecule has 0 amide bonds. The molecule has 0 saturated carbocycles. The Morgan fingerprint density at radius 2 is 2.12 bits per heavy atom. The summed E-state index contributed by atoms with van der Waals surface area (Å²) in [6.45, 7) is 5.52. The van der Waals surface area contributed by atoms with Crippen molar-refractivity contribution in [1.82, 2.24) is 5.32 Å². The number of nitrogens with one attached hydrogen (secondary N) is 1. The summed E-state index contributed by atoms with van der Waals surface area (Å²) in [4.78, 5) is 0. The van der Waals surface area contributed by atoms with E-state index in [2.05, 4.69) is 25.2 Å². The molecule has 1 rings (SSSR count). The van der Waals surface area contributed by atoms with Gasteiger partial charge in [0.15, 0.2) is 11.5 Å². The Balaban J connectivity index is 2.56. The maximum Gasteiger partial charge on any atom is 0.162 e. The second kappa shape index (κ2) is 6.77. The van der Waals surface area contributed by atoms with Gasteiger partial charge in [-0.3, -0.25) is 0 Å². The van der Waals surface area contributed by atoms with Gasteiger partial charge in [0.2, 0.25) is 0 Å². The molecule has 1 aromatic rings. The summed E-state index contributed by atoms with van der Waals surface area (Å²) < 4.78 is 10.8. The van der Waals surface area contributed by atoms with Crippen molar-refractivity contribution >= 4 is 0 Å². The quantitative estimate of drug-likeness (QED) is 0.764. The van der Waals surface area contributed by atoms with Gasteiger partial charge < -0.3 is 14.8 Å². The van der Waals surface area contributed by atoms with Crippen molar-refractivity contribution in [2.45, 2.75) is 19.9 Å². The molecule has 1 aromatic carbocycles. The van der Waals surface area contributed by atoms with Crippen LogP contribution in [0.25, 0.3) is 0 Å². The van der Waals surface area contributed by atoms with Crippen molar-refractivity contribution in [3.63, 3.8) is 0 Å². The van der Waals surface area contributed by atoms with E-state index in [0.717, 1.165) is 6.54 Å². The molecule has 0 atom stereocenters. The number of benzene rings is 1. The number of nitriles is 1. The molecule has 0 spiro atoms. The smallest absolute Gasteiger partial charge is 0.162 e. The number of methoxy groups -OCH3 is 1. The standard InChI is InChI=1S/C13H18N2O2/c1-10(2)15-6-7-17-12-5-4-11(9-14)8-13(12)16-3/h4-5,8,10,15H,6-7H2,1-3H3. The fraction of sp³-hybridized carbons (Fsp3) is 0.462. The molecular weight excluding hydrogens is 216 g/mol. The van der Waals surface area contributed by atoms with Gasteiger partial charge in [-0.1, -0.05) is 13.8 Å². The fourth-order valence-electron chi connectivity index (χ4n) is 1.36. The molecule has 0 fully saturated rings. The highest BCUT2D eigenvalue weighted by Gasteiger charge is 2.05. The van der Waals surface area contributed by atoms with E-state index < -0.39 is 0 Å². The van der Waals surface area contributed by atoms with Gasteiger partial charge in [0.25, 0.3) is 0 Å². The van der Waals surface area contributed by atoms with Crippen LogP contribution in [0.3, 0.4) is 0 Å². The van der Waals surface area contributed by atoms with Crippen molar-refractivity contribution in [2.75, 3.05) is 20.3 Å². The lowest BCUT2D eigenvalue weighted by atomic mass is 10.2. The lowest BCUT2D eigenvalue weighted by Crippen LogP contribution is -2.27. The maximum atomic E-state index is 8.77. The van der Waals surface area contributed by atoms with Crippen LogP contribution in [0.2, 0.25) is 0 Å². The first kappa shape index (κ1) is 13.3. The molecule has 17 heavy (non-hydrogen) atoms. The van der Waals surface area contributed by atoms with Crippen LogP contribution in [-0.2, 0) is 0 Å². The Kier molecular flexibility index (Phi) is 5.31. The molecule has 1 N–H and O–H groups in total. The summed E-state index contributed by atoms with van der Waals surface area (Å²) in [5.41, 5.74) is 0.564. The van der Waals surface area contributed by atoms with Gasteiger partial charge in [0.1, 0.15) is 6.61 Å². The summed E-state index contributed by atoms with van der Waals surface area (Å²) in [5.74, 6) is 1.26. The third-order valence-corrected chi connectivity index (χ3v) is 2.20. The zero-order valence-corrected chi connectivity index (χ0v) is 10.5. The first-order valence-electron chi connectivity index (χ1n) is 5.61. The number of hydrogen-bond acceptors (Lipinski definition) is 4. The van der Waals surface area contributed by atoms with E-state index in [4.69, 9.17) is 14.7 Å². The largest absolute Gasteiger partial charge is 0.493 e. The van der Waals surface area contributed by atoms with Crippen LogP contribution in [-0.4, -0.2) is 26.3 Å². The molecule has 0 bridgehead atoms. The first-order valence-corrected chi connectivity index (χ1v) is 5.61. The van der Waals surface area contributed by atoms with Crippen LogP contribution < -0.4 is 14.8 Å². The van der Waals surface area contributed by atoms with Crippen LogP contribution in [0.5, 0.6) is 11.5 Å². The molecule has 0 saturated heterocycles. The summed E-state index contributed by atoms with van der Waals surface area (Å²) in [6, 6.07) is 7.65. The Morgan fingerprint density at radius 3 is 2.71 bits per heavy atom. The number of rotatable bonds is 6. The molecule has 0 aliphatic carbocycles. The first-order chi connectivity index (χ1) is 8.17. The van der Waals surface area contributed by atoms with Crippen molar-refractivity contribution in [3.8, 4) is 17.6 Å². The zero-order chi connectivity index (χ0) is 12.7. The average Bonchev–Trinajstić information content (AvgIpc) is 2.34. The van der Waals surface area contributed by atoms with Crippen LogP contribution in [0.15, 0.2) is 18.2 Å². The highest BCUT2D eigenvalue weighted by Crippen LogP contribution is 2.27. The number of ether oxygens (including phenoxy) is 2. The number of nitrogens with zero attached hydrogens (tertiary/aromatic N) is 1. The van der Waals surface area contributed by atoms with E-state index >= 15 is 0 Å². The molecule has 0 heterocycles. The Morgan fingerprint density at radius 1 is 1.35 bits per heavy atom. The predicted molar refractivity (Wildman–Crippen MR) is 66.3 cm³/mol. The van der Waals surface area contributed by atoms with E-state index in [9.17, 15) is 0 Å². The molecule has 0 unspecified atom stereocenters. The average molecular weight is 234 g/mol. The summed E-state index contributed by atoms with van der Waals surface area (Å²) in [7, 11) is 1.57. The SMILES string of the molecule is COc1cc(C#N)ccc1OCCNC(C)C. The molecule has 0 aliphatic heterocycles. The predicted octanol–water partition coefficient (Wildman–Crippen LogP) is 1.94. The summed E-state index contributed by atoms with van der Waals surface area (Å²) in [6.07, 6.45) is 0. The van der Waals surface area contributed by atoms with E-state index in [1.54, 1.807) is 25.3 Å². The van der Waals surface area contributed by atoms with Gasteiger partial charge in [0.05, 0.1) is 18.7 Å². The van der Waals surface area contributed by atoms with Gasteiger partial charge in [-0.05, 0) is 12.1 Å². The fourth-order valence-corrected chi connectivity index (χ4v) is 1.36. The van der Waals surface area contributed by atoms with Gasteiger partial charge >= 0.3 is 0 Å². The minimum absolute atomic E-state index is 0.446. The van der Waals surface area contributed by atoms with Crippen molar-refractivity contribution in [1.29, 1.82) is 5.26 Å². The zero-order valence-electron chi connectivity index (χ0n) is 10.5. The monoisotopic (exact) mass is 234 g/mol. The van der Waals surface area contributed by atoms with Crippen LogP contribution in [0, 0.1) is 11.3 Å². The molecule has 0 aromatic heterocycles. The van der Waals surface area contributed by atoms with E-state index in [1.165, 1.54) is 0 Å². The van der Waals surface area contributed by atoms with Gasteiger partial charge in [-0.2, -0.15) is 5.26 Å². The Bertz CT molecular complexity index is 397. The normalized spacial score (nSPS) is 10.1.